The summed E-state index contributed by atoms with van der Waals surface area (Å²) in [5.74, 6) is -0.291. The SMILES string of the molecule is Cc1ccnc(NC(=O)C2CN(c3cc(C)c4c(=O)c(CC(=O)O)cn(-c5ncns5)c4n3)C2)c1. The van der Waals surface area contributed by atoms with Gasteiger partial charge in [0, 0.05) is 42.6 Å². The summed E-state index contributed by atoms with van der Waals surface area (Å²) >= 11 is 1.11. The fraction of sp³-hybridized carbons (Fsp3) is 0.261. The second-order valence-electron chi connectivity index (χ2n) is 8.45. The molecule has 12 heteroatoms. The zero-order chi connectivity index (χ0) is 24.7. The van der Waals surface area contributed by atoms with Gasteiger partial charge in [0.25, 0.3) is 0 Å². The Balaban J connectivity index is 1.45. The number of carbonyl (C=O) groups is 2. The summed E-state index contributed by atoms with van der Waals surface area (Å²) in [6, 6.07) is 5.46. The van der Waals surface area contributed by atoms with Crippen LogP contribution in [0, 0.1) is 19.8 Å². The van der Waals surface area contributed by atoms with Crippen LogP contribution in [0.25, 0.3) is 16.2 Å². The van der Waals surface area contributed by atoms with Gasteiger partial charge in [-0.05, 0) is 43.2 Å². The molecule has 1 fully saturated rings. The Morgan fingerprint density at radius 2 is 2.03 bits per heavy atom. The fourth-order valence-electron chi connectivity index (χ4n) is 4.06. The number of nitrogens with zero attached hydrogens (tertiary/aromatic N) is 6. The molecule has 0 aliphatic carbocycles. The Morgan fingerprint density at radius 3 is 2.71 bits per heavy atom. The quantitative estimate of drug-likeness (QED) is 0.414. The molecule has 4 aromatic rings. The van der Waals surface area contributed by atoms with Gasteiger partial charge >= 0.3 is 5.97 Å². The van der Waals surface area contributed by atoms with Gasteiger partial charge < -0.3 is 15.3 Å². The van der Waals surface area contributed by atoms with Crippen molar-refractivity contribution in [1.29, 1.82) is 0 Å². The first-order chi connectivity index (χ1) is 16.8. The van der Waals surface area contributed by atoms with Gasteiger partial charge in [-0.1, -0.05) is 0 Å². The maximum atomic E-state index is 13.1. The molecule has 5 rings (SSSR count). The number of hydrogen-bond acceptors (Lipinski definition) is 9. The lowest BCUT2D eigenvalue weighted by molar-refractivity contribution is -0.136. The van der Waals surface area contributed by atoms with Crippen molar-refractivity contribution in [1.82, 2.24) is 23.9 Å². The van der Waals surface area contributed by atoms with Crippen LogP contribution in [0.3, 0.4) is 0 Å². The Labute approximate surface area is 203 Å². The molecule has 1 aliphatic heterocycles. The van der Waals surface area contributed by atoms with Crippen LogP contribution >= 0.6 is 11.5 Å². The summed E-state index contributed by atoms with van der Waals surface area (Å²) in [5, 5.41) is 12.9. The molecule has 1 saturated heterocycles. The van der Waals surface area contributed by atoms with Crippen molar-refractivity contribution in [2.45, 2.75) is 20.3 Å². The number of carboxylic acids is 1. The number of rotatable bonds is 6. The first kappa shape index (κ1) is 22.6. The Hall–Kier alpha value is -4.19. The standard InChI is InChI=1S/C23H21N7O4S/c1-12-3-4-24-16(5-12)27-22(34)15-8-29(9-15)17-6-13(2)19-20(33)14(7-18(31)32)10-30(21(19)28-17)23-25-11-26-35-23/h3-6,10-11,15H,7-9H2,1-2H3,(H,31,32)(H,24,27,34). The summed E-state index contributed by atoms with van der Waals surface area (Å²) in [6.45, 7) is 4.66. The van der Waals surface area contributed by atoms with E-state index in [9.17, 15) is 19.5 Å². The van der Waals surface area contributed by atoms with E-state index < -0.39 is 12.4 Å². The minimum atomic E-state index is -1.10. The Kier molecular flexibility index (Phi) is 5.73. The van der Waals surface area contributed by atoms with Crippen LogP contribution in [0.15, 0.2) is 41.7 Å². The molecule has 0 aromatic carbocycles. The average molecular weight is 492 g/mol. The van der Waals surface area contributed by atoms with Gasteiger partial charge in [-0.15, -0.1) is 0 Å². The predicted octanol–water partition coefficient (Wildman–Crippen LogP) is 1.95. The van der Waals surface area contributed by atoms with Crippen molar-refractivity contribution in [2.24, 2.45) is 5.92 Å². The van der Waals surface area contributed by atoms with Crippen molar-refractivity contribution >= 4 is 46.1 Å². The molecule has 35 heavy (non-hydrogen) atoms. The highest BCUT2D eigenvalue weighted by molar-refractivity contribution is 7.08. The maximum absolute atomic E-state index is 13.1. The first-order valence-corrected chi connectivity index (χ1v) is 11.6. The van der Waals surface area contributed by atoms with E-state index in [0.29, 0.717) is 46.5 Å². The molecule has 4 aromatic heterocycles. The van der Waals surface area contributed by atoms with Crippen LogP contribution in [0.5, 0.6) is 0 Å². The molecule has 11 nitrogen and oxygen atoms in total. The van der Waals surface area contributed by atoms with Gasteiger partial charge in [0.2, 0.25) is 11.0 Å². The zero-order valence-corrected chi connectivity index (χ0v) is 19.7. The minimum absolute atomic E-state index is 0.110. The molecule has 0 unspecified atom stereocenters. The first-order valence-electron chi connectivity index (χ1n) is 10.8. The number of carbonyl (C=O) groups excluding carboxylic acids is 1. The van der Waals surface area contributed by atoms with E-state index in [1.807, 2.05) is 24.0 Å². The summed E-state index contributed by atoms with van der Waals surface area (Å²) in [7, 11) is 0. The molecule has 1 aliphatic rings. The van der Waals surface area contributed by atoms with Crippen LogP contribution in [-0.4, -0.2) is 54.0 Å². The highest BCUT2D eigenvalue weighted by Gasteiger charge is 2.34. The van der Waals surface area contributed by atoms with Crippen LogP contribution in [0.2, 0.25) is 0 Å². The number of pyridine rings is 3. The lowest BCUT2D eigenvalue weighted by Gasteiger charge is -2.39. The van der Waals surface area contributed by atoms with Crippen LogP contribution in [-0.2, 0) is 16.0 Å². The van der Waals surface area contributed by atoms with E-state index in [1.54, 1.807) is 23.8 Å². The number of aromatic nitrogens is 5. The zero-order valence-electron chi connectivity index (χ0n) is 18.9. The predicted molar refractivity (Wildman–Crippen MR) is 130 cm³/mol. The summed E-state index contributed by atoms with van der Waals surface area (Å²) in [6.07, 6.45) is 4.10. The third-order valence-corrected chi connectivity index (χ3v) is 6.52. The van der Waals surface area contributed by atoms with Crippen molar-refractivity contribution < 1.29 is 14.7 Å². The molecule has 0 saturated carbocycles. The smallest absolute Gasteiger partial charge is 0.308 e. The van der Waals surface area contributed by atoms with Gasteiger partial charge in [0.05, 0.1) is 17.7 Å². The topological polar surface area (TPSA) is 143 Å². The molecule has 0 atom stereocenters. The summed E-state index contributed by atoms with van der Waals surface area (Å²) in [5.41, 5.74) is 1.81. The largest absolute Gasteiger partial charge is 0.481 e. The van der Waals surface area contributed by atoms with Gasteiger partial charge in [0.15, 0.2) is 11.1 Å². The summed E-state index contributed by atoms with van der Waals surface area (Å²) < 4.78 is 5.63. The average Bonchev–Trinajstić information content (AvgIpc) is 3.29. The molecule has 0 bridgehead atoms. The Morgan fingerprint density at radius 1 is 1.23 bits per heavy atom. The monoisotopic (exact) mass is 491 g/mol. The van der Waals surface area contributed by atoms with Crippen LogP contribution < -0.4 is 15.6 Å². The lowest BCUT2D eigenvalue weighted by atomic mass is 9.98. The highest BCUT2D eigenvalue weighted by Crippen LogP contribution is 2.28. The van der Waals surface area contributed by atoms with Crippen molar-refractivity contribution in [3.63, 3.8) is 0 Å². The van der Waals surface area contributed by atoms with E-state index in [0.717, 1.165) is 17.1 Å². The number of hydrogen-bond donors (Lipinski definition) is 2. The molecule has 178 valence electrons. The van der Waals surface area contributed by atoms with E-state index >= 15 is 0 Å². The summed E-state index contributed by atoms with van der Waals surface area (Å²) in [4.78, 5) is 52.1. The fourth-order valence-corrected chi connectivity index (χ4v) is 4.57. The van der Waals surface area contributed by atoms with Gasteiger partial charge in [-0.3, -0.25) is 19.0 Å². The maximum Gasteiger partial charge on any atom is 0.308 e. The van der Waals surface area contributed by atoms with Gasteiger partial charge in [-0.2, -0.15) is 4.37 Å². The van der Waals surface area contributed by atoms with Crippen molar-refractivity contribution in [3.05, 3.63) is 63.8 Å². The van der Waals surface area contributed by atoms with Crippen molar-refractivity contribution in [2.75, 3.05) is 23.3 Å². The number of carboxylic acid groups (broad SMARTS) is 1. The molecule has 0 spiro atoms. The van der Waals surface area contributed by atoms with Crippen LogP contribution in [0.1, 0.15) is 16.7 Å². The molecular formula is C23H21N7O4S. The third kappa shape index (κ3) is 4.35. The van der Waals surface area contributed by atoms with E-state index in [1.165, 1.54) is 12.5 Å². The van der Waals surface area contributed by atoms with Gasteiger partial charge in [-0.25, -0.2) is 15.0 Å². The molecular weight excluding hydrogens is 470 g/mol. The second-order valence-corrected chi connectivity index (χ2v) is 9.21. The number of anilines is 2. The van der Waals surface area contributed by atoms with Gasteiger partial charge in [0.1, 0.15) is 18.0 Å². The third-order valence-electron chi connectivity index (χ3n) is 5.86. The molecule has 0 radical (unpaired) electrons. The number of amides is 1. The van der Waals surface area contributed by atoms with E-state index in [2.05, 4.69) is 19.7 Å². The number of aryl methyl sites for hydroxylation is 2. The number of aliphatic carboxylic acids is 1. The molecule has 5 heterocycles. The number of fused-ring (bicyclic) bond motifs is 1. The highest BCUT2D eigenvalue weighted by atomic mass is 32.1. The number of nitrogens with one attached hydrogen (secondary N) is 1. The molecule has 2 N–H and O–H groups in total. The second kappa shape index (κ2) is 8.87. The lowest BCUT2D eigenvalue weighted by Crippen LogP contribution is -2.52. The normalized spacial score (nSPS) is 13.6. The minimum Gasteiger partial charge on any atom is -0.481 e. The van der Waals surface area contributed by atoms with E-state index in [-0.39, 0.29) is 22.8 Å². The van der Waals surface area contributed by atoms with Crippen molar-refractivity contribution in [3.8, 4) is 5.13 Å². The van der Waals surface area contributed by atoms with E-state index in [4.69, 9.17) is 4.98 Å². The molecule has 1 amide bonds. The van der Waals surface area contributed by atoms with Crippen LogP contribution in [0.4, 0.5) is 11.6 Å². The Bertz CT molecular complexity index is 1510.